The van der Waals surface area contributed by atoms with E-state index in [1.165, 1.54) is 0 Å². The van der Waals surface area contributed by atoms with E-state index in [0.29, 0.717) is 24.1 Å². The van der Waals surface area contributed by atoms with Gasteiger partial charge in [0.05, 0.1) is 11.3 Å². The smallest absolute Gasteiger partial charge is 0.275 e. The maximum Gasteiger partial charge on any atom is 0.275 e. The highest BCUT2D eigenvalue weighted by Gasteiger charge is 2.28. The third-order valence-electron chi connectivity index (χ3n) is 2.79. The Morgan fingerprint density at radius 3 is 3.07 bits per heavy atom. The van der Waals surface area contributed by atoms with E-state index < -0.39 is 5.91 Å². The Morgan fingerprint density at radius 2 is 2.47 bits per heavy atom. The van der Waals surface area contributed by atoms with Gasteiger partial charge in [-0.3, -0.25) is 9.48 Å². The van der Waals surface area contributed by atoms with Gasteiger partial charge >= 0.3 is 0 Å². The number of hydrogen-bond donors (Lipinski definition) is 1. The number of carbonyl (C=O) groups is 1. The second-order valence-electron chi connectivity index (χ2n) is 3.81. The van der Waals surface area contributed by atoms with Gasteiger partial charge in [0.15, 0.2) is 0 Å². The predicted molar refractivity (Wildman–Crippen MR) is 55.4 cm³/mol. The first-order chi connectivity index (χ1) is 7.13. The number of aryl methyl sites for hydroxylation is 2. The fraction of sp³-hybridized carbons (Fsp3) is 0.444. The zero-order chi connectivity index (χ0) is 11.0. The van der Waals surface area contributed by atoms with Crippen LogP contribution in [0.25, 0.3) is 0 Å². The summed E-state index contributed by atoms with van der Waals surface area (Å²) in [7, 11) is 0. The number of nitrogens with two attached hydrogens (primary N) is 1. The Bertz CT molecular complexity index is 459. The first-order valence-corrected chi connectivity index (χ1v) is 4.89. The summed E-state index contributed by atoms with van der Waals surface area (Å²) < 4.78 is 1.79. The molecule has 0 saturated heterocycles. The maximum atomic E-state index is 11.2. The highest BCUT2D eigenvalue weighted by atomic mass is 16.1. The standard InChI is InChI=1S/C9H11BN4O/c1-6-8(9(12)15)7-4-10(5-11)2-3-14(7)13-6/h2-4H2,1H3,(H2,12,15). The number of nitrogens with zero attached hydrogens (tertiary/aromatic N) is 3. The molecule has 0 aromatic carbocycles. The summed E-state index contributed by atoms with van der Waals surface area (Å²) in [6.07, 6.45) is 1.37. The first-order valence-electron chi connectivity index (χ1n) is 4.89. The molecule has 15 heavy (non-hydrogen) atoms. The van der Waals surface area contributed by atoms with E-state index in [9.17, 15) is 4.79 Å². The van der Waals surface area contributed by atoms with Crippen molar-refractivity contribution in [1.82, 2.24) is 9.78 Å². The van der Waals surface area contributed by atoms with Crippen LogP contribution in [0.5, 0.6) is 0 Å². The molecule has 0 fully saturated rings. The summed E-state index contributed by atoms with van der Waals surface area (Å²) >= 11 is 0. The molecule has 76 valence electrons. The van der Waals surface area contributed by atoms with Gasteiger partial charge in [-0.05, 0) is 19.6 Å². The van der Waals surface area contributed by atoms with Crippen LogP contribution in [0.1, 0.15) is 21.7 Å². The summed E-state index contributed by atoms with van der Waals surface area (Å²) in [6, 6.07) is 0. The fourth-order valence-corrected chi connectivity index (χ4v) is 2.07. The quantitative estimate of drug-likeness (QED) is 0.647. The highest BCUT2D eigenvalue weighted by Crippen LogP contribution is 2.20. The van der Waals surface area contributed by atoms with Crippen molar-refractivity contribution in [2.45, 2.75) is 26.1 Å². The average Bonchev–Trinajstić information content (AvgIpc) is 2.52. The molecule has 6 heteroatoms. The molecule has 1 aliphatic heterocycles. The topological polar surface area (TPSA) is 84.7 Å². The second kappa shape index (κ2) is 3.42. The van der Waals surface area contributed by atoms with Gasteiger partial charge in [-0.2, -0.15) is 5.10 Å². The zero-order valence-electron chi connectivity index (χ0n) is 8.53. The lowest BCUT2D eigenvalue weighted by Crippen LogP contribution is -2.28. The van der Waals surface area contributed by atoms with Crippen LogP contribution in [0.3, 0.4) is 0 Å². The van der Waals surface area contributed by atoms with E-state index in [0.717, 1.165) is 12.0 Å². The third-order valence-corrected chi connectivity index (χ3v) is 2.79. The van der Waals surface area contributed by atoms with Crippen LogP contribution in [0, 0.1) is 18.2 Å². The fourth-order valence-electron chi connectivity index (χ4n) is 2.07. The van der Waals surface area contributed by atoms with E-state index in [1.54, 1.807) is 11.6 Å². The van der Waals surface area contributed by atoms with Crippen LogP contribution in [0.15, 0.2) is 0 Å². The number of rotatable bonds is 1. The van der Waals surface area contributed by atoms with Crippen LogP contribution < -0.4 is 5.73 Å². The molecule has 5 nitrogen and oxygen atoms in total. The summed E-state index contributed by atoms with van der Waals surface area (Å²) in [5.41, 5.74) is 7.27. The van der Waals surface area contributed by atoms with E-state index in [2.05, 4.69) is 11.1 Å². The Hall–Kier alpha value is -1.77. The number of carbonyl (C=O) groups excluding carboxylic acids is 1. The van der Waals surface area contributed by atoms with Crippen molar-refractivity contribution in [2.75, 3.05) is 0 Å². The van der Waals surface area contributed by atoms with Gasteiger partial charge in [0, 0.05) is 18.2 Å². The minimum atomic E-state index is -0.452. The molecule has 0 bridgehead atoms. The molecule has 1 amide bonds. The lowest BCUT2D eigenvalue weighted by atomic mass is 9.45. The Kier molecular flexibility index (Phi) is 2.23. The lowest BCUT2D eigenvalue weighted by Gasteiger charge is -2.15. The molecule has 0 radical (unpaired) electrons. The Balaban J connectivity index is 2.47. The summed E-state index contributed by atoms with van der Waals surface area (Å²) in [6.45, 7) is 2.45. The minimum absolute atomic E-state index is 0.0216. The Labute approximate surface area is 87.9 Å². The van der Waals surface area contributed by atoms with E-state index >= 15 is 0 Å². The summed E-state index contributed by atoms with van der Waals surface area (Å²) in [5, 5.41) is 13.1. The molecule has 0 aliphatic carbocycles. The monoisotopic (exact) mass is 202 g/mol. The molecular formula is C9H11BN4O. The molecular weight excluding hydrogens is 191 g/mol. The number of hydrogen-bond acceptors (Lipinski definition) is 3. The molecule has 0 unspecified atom stereocenters. The van der Waals surface area contributed by atoms with Gasteiger partial charge in [0.2, 0.25) is 0 Å². The highest BCUT2D eigenvalue weighted by molar-refractivity contribution is 6.66. The molecule has 2 N–H and O–H groups in total. The third kappa shape index (κ3) is 1.50. The van der Waals surface area contributed by atoms with Crippen molar-refractivity contribution < 1.29 is 4.79 Å². The van der Waals surface area contributed by atoms with Crippen molar-refractivity contribution in [3.8, 4) is 5.97 Å². The van der Waals surface area contributed by atoms with Gasteiger partial charge in [-0.1, -0.05) is 0 Å². The minimum Gasteiger partial charge on any atom is -0.365 e. The number of amides is 1. The number of primary amides is 1. The van der Waals surface area contributed by atoms with Gasteiger partial charge in [-0.15, -0.1) is 0 Å². The average molecular weight is 202 g/mol. The van der Waals surface area contributed by atoms with Gasteiger partial charge in [0.25, 0.3) is 12.6 Å². The van der Waals surface area contributed by atoms with Crippen molar-refractivity contribution in [3.63, 3.8) is 0 Å². The van der Waals surface area contributed by atoms with Crippen LogP contribution in [0.2, 0.25) is 6.32 Å². The molecule has 2 heterocycles. The zero-order valence-corrected chi connectivity index (χ0v) is 8.53. The normalized spacial score (nSPS) is 14.5. The van der Waals surface area contributed by atoms with Crippen molar-refractivity contribution >= 4 is 12.6 Å². The van der Waals surface area contributed by atoms with Crippen LogP contribution in [-0.4, -0.2) is 22.4 Å². The molecule has 1 aromatic heterocycles. The van der Waals surface area contributed by atoms with Gasteiger partial charge in [0.1, 0.15) is 0 Å². The van der Waals surface area contributed by atoms with E-state index in [1.807, 2.05) is 0 Å². The van der Waals surface area contributed by atoms with E-state index in [-0.39, 0.29) is 6.71 Å². The van der Waals surface area contributed by atoms with Gasteiger partial charge < -0.3 is 5.73 Å². The van der Waals surface area contributed by atoms with Crippen LogP contribution in [-0.2, 0) is 12.9 Å². The molecule has 1 aliphatic rings. The number of fused-ring (bicyclic) bond motifs is 1. The molecule has 2 rings (SSSR count). The molecule has 0 spiro atoms. The number of aromatic nitrogens is 2. The second-order valence-corrected chi connectivity index (χ2v) is 3.81. The summed E-state index contributed by atoms with van der Waals surface area (Å²) in [5.74, 6) is 1.78. The summed E-state index contributed by atoms with van der Waals surface area (Å²) in [4.78, 5) is 11.2. The molecule has 0 saturated carbocycles. The molecule has 1 aromatic rings. The van der Waals surface area contributed by atoms with Crippen molar-refractivity contribution in [1.29, 1.82) is 5.26 Å². The number of nitriles is 1. The maximum absolute atomic E-state index is 11.2. The predicted octanol–water partition coefficient (Wildman–Crippen LogP) is -0.0567. The Morgan fingerprint density at radius 1 is 1.73 bits per heavy atom. The van der Waals surface area contributed by atoms with E-state index in [4.69, 9.17) is 11.0 Å². The lowest BCUT2D eigenvalue weighted by molar-refractivity contribution is 0.0999. The van der Waals surface area contributed by atoms with Crippen molar-refractivity contribution in [3.05, 3.63) is 17.0 Å². The largest absolute Gasteiger partial charge is 0.365 e. The van der Waals surface area contributed by atoms with Crippen molar-refractivity contribution in [2.24, 2.45) is 5.73 Å². The van der Waals surface area contributed by atoms with Crippen LogP contribution in [0.4, 0.5) is 0 Å². The first kappa shape index (κ1) is 9.78. The van der Waals surface area contributed by atoms with Crippen LogP contribution >= 0.6 is 0 Å². The molecule has 0 atom stereocenters. The SMILES string of the molecule is Cc1nn2c(c1C(N)=O)CB(C#N)CC2. The van der Waals surface area contributed by atoms with Gasteiger partial charge in [-0.25, -0.2) is 5.26 Å².